The second-order valence-corrected chi connectivity index (χ2v) is 7.09. The van der Waals surface area contributed by atoms with E-state index in [1.807, 2.05) is 4.90 Å². The maximum atomic E-state index is 13.2. The van der Waals surface area contributed by atoms with E-state index in [9.17, 15) is 9.18 Å². The summed E-state index contributed by atoms with van der Waals surface area (Å²) in [6, 6.07) is 4.27. The Morgan fingerprint density at radius 1 is 1.33 bits per heavy atom. The van der Waals surface area contributed by atoms with Crippen molar-refractivity contribution in [2.24, 2.45) is 5.41 Å². The fraction of sp³-hybridized carbons (Fsp3) is 0.562. The Balaban J connectivity index is 1.77. The van der Waals surface area contributed by atoms with Crippen LogP contribution in [-0.2, 0) is 0 Å². The molecule has 114 valence electrons. The normalized spacial score (nSPS) is 26.1. The smallest absolute Gasteiger partial charge is 0.255 e. The largest absolute Gasteiger partial charge is 0.338 e. The third-order valence-corrected chi connectivity index (χ3v) is 5.33. The first-order valence-corrected chi connectivity index (χ1v) is 8.34. The van der Waals surface area contributed by atoms with Crippen molar-refractivity contribution in [1.82, 2.24) is 10.2 Å². The molecule has 2 aliphatic rings. The van der Waals surface area contributed by atoms with E-state index in [1.165, 1.54) is 31.4 Å². The number of rotatable bonds is 1. The van der Waals surface area contributed by atoms with Gasteiger partial charge in [-0.2, -0.15) is 0 Å². The molecule has 0 radical (unpaired) electrons. The number of halogens is 2. The molecule has 1 atom stereocenters. The van der Waals surface area contributed by atoms with Crippen LogP contribution in [0.4, 0.5) is 4.39 Å². The summed E-state index contributed by atoms with van der Waals surface area (Å²) in [6.45, 7) is 3.69. The summed E-state index contributed by atoms with van der Waals surface area (Å²) in [4.78, 5) is 14.6. The van der Waals surface area contributed by atoms with E-state index in [1.54, 1.807) is 6.07 Å². The minimum Gasteiger partial charge on any atom is -0.338 e. The highest BCUT2D eigenvalue weighted by molar-refractivity contribution is 9.10. The second kappa shape index (κ2) is 6.05. The standard InChI is InChI=1S/C16H20BrFN2O/c17-14-9-12(18)3-4-13(14)15(21)20-8-2-6-16(11-20)5-1-7-19-10-16/h3-4,9,19H,1-2,5-8,10-11H2. The molecule has 5 heteroatoms. The van der Waals surface area contributed by atoms with Crippen molar-refractivity contribution < 1.29 is 9.18 Å². The molecule has 2 fully saturated rings. The summed E-state index contributed by atoms with van der Waals surface area (Å²) in [5.41, 5.74) is 0.788. The molecule has 0 saturated carbocycles. The van der Waals surface area contributed by atoms with Crippen molar-refractivity contribution in [3.05, 3.63) is 34.1 Å². The molecular formula is C16H20BrFN2O. The lowest BCUT2D eigenvalue weighted by Crippen LogP contribution is -2.52. The number of carbonyl (C=O) groups is 1. The highest BCUT2D eigenvalue weighted by Crippen LogP contribution is 2.36. The molecule has 1 aromatic rings. The zero-order valence-electron chi connectivity index (χ0n) is 12.0. The van der Waals surface area contributed by atoms with Crippen molar-refractivity contribution in [1.29, 1.82) is 0 Å². The van der Waals surface area contributed by atoms with Crippen LogP contribution in [0, 0.1) is 11.2 Å². The van der Waals surface area contributed by atoms with Gasteiger partial charge in [0.15, 0.2) is 0 Å². The first-order chi connectivity index (χ1) is 10.1. The van der Waals surface area contributed by atoms with Crippen LogP contribution < -0.4 is 5.32 Å². The first-order valence-electron chi connectivity index (χ1n) is 7.55. The molecule has 2 heterocycles. The molecule has 1 amide bonds. The molecule has 1 aromatic carbocycles. The van der Waals surface area contributed by atoms with Gasteiger partial charge in [-0.05, 0) is 66.4 Å². The fourth-order valence-electron chi connectivity index (χ4n) is 3.59. The molecule has 1 unspecified atom stereocenters. The molecule has 2 aliphatic heterocycles. The molecule has 3 nitrogen and oxygen atoms in total. The van der Waals surface area contributed by atoms with Crippen LogP contribution in [0.3, 0.4) is 0 Å². The van der Waals surface area contributed by atoms with Gasteiger partial charge in [-0.15, -0.1) is 0 Å². The van der Waals surface area contributed by atoms with E-state index in [0.29, 0.717) is 10.0 Å². The fourth-order valence-corrected chi connectivity index (χ4v) is 4.11. The third-order valence-electron chi connectivity index (χ3n) is 4.67. The van der Waals surface area contributed by atoms with Crippen LogP contribution in [0.25, 0.3) is 0 Å². The third kappa shape index (κ3) is 3.14. The average molecular weight is 355 g/mol. The Labute approximate surface area is 133 Å². The van der Waals surface area contributed by atoms with Crippen molar-refractivity contribution in [3.8, 4) is 0 Å². The summed E-state index contributed by atoms with van der Waals surface area (Å²) in [5.74, 6) is -0.323. The Morgan fingerprint density at radius 3 is 2.86 bits per heavy atom. The van der Waals surface area contributed by atoms with Crippen LogP contribution in [0.2, 0.25) is 0 Å². The highest BCUT2D eigenvalue weighted by Gasteiger charge is 2.38. The molecular weight excluding hydrogens is 335 g/mol. The molecule has 21 heavy (non-hydrogen) atoms. The lowest BCUT2D eigenvalue weighted by Gasteiger charge is -2.45. The van der Waals surface area contributed by atoms with Gasteiger partial charge >= 0.3 is 0 Å². The van der Waals surface area contributed by atoms with Gasteiger partial charge < -0.3 is 10.2 Å². The maximum Gasteiger partial charge on any atom is 0.255 e. The van der Waals surface area contributed by atoms with Crippen LogP contribution in [0.15, 0.2) is 22.7 Å². The van der Waals surface area contributed by atoms with Crippen LogP contribution >= 0.6 is 15.9 Å². The lowest BCUT2D eigenvalue weighted by molar-refractivity contribution is 0.0433. The number of carbonyl (C=O) groups excluding carboxylic acids is 1. The van der Waals surface area contributed by atoms with E-state index < -0.39 is 0 Å². The predicted molar refractivity (Wildman–Crippen MR) is 83.8 cm³/mol. The first kappa shape index (κ1) is 15.0. The van der Waals surface area contributed by atoms with Gasteiger partial charge in [0.25, 0.3) is 5.91 Å². The van der Waals surface area contributed by atoms with Gasteiger partial charge in [0.05, 0.1) is 5.56 Å². The monoisotopic (exact) mass is 354 g/mol. The number of piperidine rings is 2. The zero-order chi connectivity index (χ0) is 14.9. The minimum atomic E-state index is -0.329. The van der Waals surface area contributed by atoms with Crippen LogP contribution in [0.1, 0.15) is 36.0 Å². The summed E-state index contributed by atoms with van der Waals surface area (Å²) in [7, 11) is 0. The lowest BCUT2D eigenvalue weighted by atomic mass is 9.74. The van der Waals surface area contributed by atoms with E-state index in [4.69, 9.17) is 0 Å². The number of benzene rings is 1. The molecule has 2 saturated heterocycles. The van der Waals surface area contributed by atoms with Crippen molar-refractivity contribution in [2.75, 3.05) is 26.2 Å². The van der Waals surface area contributed by atoms with Crippen molar-refractivity contribution >= 4 is 21.8 Å². The number of hydrogen-bond acceptors (Lipinski definition) is 2. The average Bonchev–Trinajstić information content (AvgIpc) is 2.47. The van der Waals surface area contributed by atoms with Gasteiger partial charge in [-0.3, -0.25) is 4.79 Å². The predicted octanol–water partition coefficient (Wildman–Crippen LogP) is 3.19. The number of nitrogens with zero attached hydrogens (tertiary/aromatic N) is 1. The SMILES string of the molecule is O=C(c1ccc(F)cc1Br)N1CCCC2(CCCNC2)C1. The summed E-state index contributed by atoms with van der Waals surface area (Å²) in [5, 5.41) is 3.47. The van der Waals surface area contributed by atoms with Gasteiger partial charge in [0.1, 0.15) is 5.82 Å². The second-order valence-electron chi connectivity index (χ2n) is 6.23. The number of nitrogens with one attached hydrogen (secondary N) is 1. The highest BCUT2D eigenvalue weighted by atomic mass is 79.9. The topological polar surface area (TPSA) is 32.3 Å². The number of hydrogen-bond donors (Lipinski definition) is 1. The zero-order valence-corrected chi connectivity index (χ0v) is 13.6. The van der Waals surface area contributed by atoms with Crippen molar-refractivity contribution in [2.45, 2.75) is 25.7 Å². The molecule has 3 rings (SSSR count). The molecule has 0 aromatic heterocycles. The summed E-state index contributed by atoms with van der Waals surface area (Å²) in [6.07, 6.45) is 4.61. The number of amides is 1. The molecule has 1 spiro atoms. The quantitative estimate of drug-likeness (QED) is 0.839. The maximum absolute atomic E-state index is 13.2. The van der Waals surface area contributed by atoms with Crippen molar-refractivity contribution in [3.63, 3.8) is 0 Å². The van der Waals surface area contributed by atoms with Gasteiger partial charge in [-0.1, -0.05) is 0 Å². The van der Waals surface area contributed by atoms with Crippen LogP contribution in [0.5, 0.6) is 0 Å². The van der Waals surface area contributed by atoms with E-state index in [2.05, 4.69) is 21.2 Å². The van der Waals surface area contributed by atoms with E-state index in [-0.39, 0.29) is 17.1 Å². The molecule has 1 N–H and O–H groups in total. The van der Waals surface area contributed by atoms with Gasteiger partial charge in [0, 0.05) is 29.5 Å². The summed E-state index contributed by atoms with van der Waals surface area (Å²) >= 11 is 3.30. The van der Waals surface area contributed by atoms with Crippen LogP contribution in [-0.4, -0.2) is 37.0 Å². The Bertz CT molecular complexity index is 538. The molecule has 0 bridgehead atoms. The number of likely N-dealkylation sites (tertiary alicyclic amines) is 1. The Kier molecular flexibility index (Phi) is 4.31. The van der Waals surface area contributed by atoms with Gasteiger partial charge in [0.2, 0.25) is 0 Å². The van der Waals surface area contributed by atoms with Gasteiger partial charge in [-0.25, -0.2) is 4.39 Å². The Morgan fingerprint density at radius 2 is 2.14 bits per heavy atom. The summed E-state index contributed by atoms with van der Waals surface area (Å²) < 4.78 is 13.7. The Hall–Kier alpha value is -0.940. The van der Waals surface area contributed by atoms with E-state index >= 15 is 0 Å². The van der Waals surface area contributed by atoms with E-state index in [0.717, 1.165) is 32.6 Å². The minimum absolute atomic E-state index is 0.00604. The molecule has 0 aliphatic carbocycles.